The average Bonchev–Trinajstić information content (AvgIpc) is 2.82. The second-order valence-corrected chi connectivity index (χ2v) is 5.24. The van der Waals surface area contributed by atoms with Crippen molar-refractivity contribution < 1.29 is 9.47 Å². The molecule has 0 spiro atoms. The number of nitrogens with two attached hydrogens (primary N) is 1. The largest absolute Gasteiger partial charge is 0.493 e. The Morgan fingerprint density at radius 1 is 1.19 bits per heavy atom. The first-order valence-corrected chi connectivity index (χ1v) is 7.06. The van der Waals surface area contributed by atoms with E-state index in [2.05, 4.69) is 28.5 Å². The smallest absolute Gasteiger partial charge is 0.163 e. The minimum absolute atomic E-state index is 0.418. The Balaban J connectivity index is 2.41. The van der Waals surface area contributed by atoms with E-state index in [-0.39, 0.29) is 0 Å². The lowest BCUT2D eigenvalue weighted by Crippen LogP contribution is -2.16. The number of rotatable bonds is 7. The maximum absolute atomic E-state index is 5.83. The van der Waals surface area contributed by atoms with E-state index in [4.69, 9.17) is 15.2 Å². The molecule has 6 nitrogen and oxygen atoms in total. The summed E-state index contributed by atoms with van der Waals surface area (Å²) in [6.07, 6.45) is 1.04. The van der Waals surface area contributed by atoms with E-state index in [0.29, 0.717) is 18.0 Å². The maximum atomic E-state index is 5.83. The zero-order valence-corrected chi connectivity index (χ0v) is 13.2. The van der Waals surface area contributed by atoms with Crippen LogP contribution in [0.2, 0.25) is 0 Å². The van der Waals surface area contributed by atoms with Gasteiger partial charge in [-0.25, -0.2) is 4.98 Å². The number of hydrogen-bond acceptors (Lipinski definition) is 5. The van der Waals surface area contributed by atoms with Crippen molar-refractivity contribution in [3.8, 4) is 11.5 Å². The third kappa shape index (κ3) is 3.28. The fourth-order valence-corrected chi connectivity index (χ4v) is 2.45. The third-order valence-electron chi connectivity index (χ3n) is 3.50. The molecule has 2 N–H and O–H groups in total. The van der Waals surface area contributed by atoms with E-state index < -0.39 is 0 Å². The van der Waals surface area contributed by atoms with Crippen molar-refractivity contribution in [1.29, 1.82) is 0 Å². The van der Waals surface area contributed by atoms with Crippen LogP contribution in [0.3, 0.4) is 0 Å². The van der Waals surface area contributed by atoms with Gasteiger partial charge in [0.25, 0.3) is 0 Å². The van der Waals surface area contributed by atoms with Gasteiger partial charge in [0.15, 0.2) is 11.5 Å². The third-order valence-corrected chi connectivity index (χ3v) is 3.50. The summed E-state index contributed by atoms with van der Waals surface area (Å²) in [6, 6.07) is 3.87. The van der Waals surface area contributed by atoms with Crippen molar-refractivity contribution >= 4 is 11.0 Å². The summed E-state index contributed by atoms with van der Waals surface area (Å²) < 4.78 is 12.9. The van der Waals surface area contributed by atoms with Gasteiger partial charge in [-0.15, -0.1) is 0 Å². The zero-order chi connectivity index (χ0) is 15.4. The van der Waals surface area contributed by atoms with Gasteiger partial charge in [-0.05, 0) is 27.1 Å². The van der Waals surface area contributed by atoms with Gasteiger partial charge in [-0.3, -0.25) is 0 Å². The van der Waals surface area contributed by atoms with Crippen LogP contribution in [0.15, 0.2) is 12.1 Å². The first kappa shape index (κ1) is 15.6. The SMILES string of the molecule is COc1cc2nc(CN)n(CCCN(C)C)c2cc1OC. The fourth-order valence-electron chi connectivity index (χ4n) is 2.45. The molecule has 0 amide bonds. The molecular formula is C15H24N4O2. The lowest BCUT2D eigenvalue weighted by molar-refractivity contribution is 0.355. The van der Waals surface area contributed by atoms with Crippen LogP contribution in [0.1, 0.15) is 12.2 Å². The Labute approximate surface area is 125 Å². The van der Waals surface area contributed by atoms with Crippen LogP contribution in [0.25, 0.3) is 11.0 Å². The summed E-state index contributed by atoms with van der Waals surface area (Å²) in [5.74, 6) is 2.29. The van der Waals surface area contributed by atoms with E-state index in [1.165, 1.54) is 0 Å². The minimum Gasteiger partial charge on any atom is -0.493 e. The van der Waals surface area contributed by atoms with E-state index in [9.17, 15) is 0 Å². The molecule has 0 unspecified atom stereocenters. The highest BCUT2D eigenvalue weighted by Gasteiger charge is 2.14. The van der Waals surface area contributed by atoms with Crippen LogP contribution in [0.4, 0.5) is 0 Å². The molecule has 0 aliphatic rings. The Hall–Kier alpha value is -1.79. The minimum atomic E-state index is 0.418. The summed E-state index contributed by atoms with van der Waals surface area (Å²) in [6.45, 7) is 2.33. The number of fused-ring (bicyclic) bond motifs is 1. The quantitative estimate of drug-likeness (QED) is 0.837. The van der Waals surface area contributed by atoms with Gasteiger partial charge in [0.1, 0.15) is 5.82 Å². The summed E-state index contributed by atoms with van der Waals surface area (Å²) in [5.41, 5.74) is 7.75. The molecular weight excluding hydrogens is 268 g/mol. The van der Waals surface area contributed by atoms with Gasteiger partial charge in [0, 0.05) is 18.7 Å². The van der Waals surface area contributed by atoms with Gasteiger partial charge in [-0.1, -0.05) is 0 Å². The predicted octanol–water partition coefficient (Wildman–Crippen LogP) is 1.46. The van der Waals surface area contributed by atoms with Crippen molar-refractivity contribution in [1.82, 2.24) is 14.5 Å². The molecule has 0 radical (unpaired) electrons. The molecule has 2 aromatic rings. The molecule has 1 heterocycles. The summed E-state index contributed by atoms with van der Waals surface area (Å²) >= 11 is 0. The lowest BCUT2D eigenvalue weighted by atomic mass is 10.2. The Bertz CT molecular complexity index is 607. The number of aromatic nitrogens is 2. The number of benzene rings is 1. The monoisotopic (exact) mass is 292 g/mol. The summed E-state index contributed by atoms with van der Waals surface area (Å²) in [4.78, 5) is 6.77. The topological polar surface area (TPSA) is 65.5 Å². The molecule has 6 heteroatoms. The summed E-state index contributed by atoms with van der Waals surface area (Å²) in [5, 5.41) is 0. The Kier molecular flexibility index (Phi) is 5.03. The van der Waals surface area contributed by atoms with Gasteiger partial charge < -0.3 is 24.7 Å². The molecule has 116 valence electrons. The van der Waals surface area contributed by atoms with E-state index >= 15 is 0 Å². The number of methoxy groups -OCH3 is 2. The standard InChI is InChI=1S/C15H24N4O2/c1-18(2)6-5-7-19-12-9-14(21-4)13(20-3)8-11(12)17-15(19)10-16/h8-9H,5-7,10,16H2,1-4H3. The van der Waals surface area contributed by atoms with Crippen molar-refractivity contribution in [2.45, 2.75) is 19.5 Å². The van der Waals surface area contributed by atoms with Crippen molar-refractivity contribution in [3.63, 3.8) is 0 Å². The Morgan fingerprint density at radius 2 is 1.86 bits per heavy atom. The molecule has 1 aromatic carbocycles. The average molecular weight is 292 g/mol. The summed E-state index contributed by atoms with van der Waals surface area (Å²) in [7, 11) is 7.41. The van der Waals surface area contributed by atoms with Crippen LogP contribution in [-0.2, 0) is 13.1 Å². The van der Waals surface area contributed by atoms with Gasteiger partial charge >= 0.3 is 0 Å². The highest BCUT2D eigenvalue weighted by molar-refractivity contribution is 5.80. The molecule has 0 saturated carbocycles. The normalized spacial score (nSPS) is 11.3. The molecule has 0 aliphatic heterocycles. The number of hydrogen-bond donors (Lipinski definition) is 1. The van der Waals surface area contributed by atoms with Crippen LogP contribution in [-0.4, -0.2) is 49.3 Å². The second kappa shape index (κ2) is 6.78. The van der Waals surface area contributed by atoms with Crippen molar-refractivity contribution in [3.05, 3.63) is 18.0 Å². The highest BCUT2D eigenvalue weighted by Crippen LogP contribution is 2.32. The molecule has 0 atom stereocenters. The number of aryl methyl sites for hydroxylation is 1. The highest BCUT2D eigenvalue weighted by atomic mass is 16.5. The van der Waals surface area contributed by atoms with E-state index in [0.717, 1.165) is 36.4 Å². The Morgan fingerprint density at radius 3 is 2.43 bits per heavy atom. The van der Waals surface area contributed by atoms with Crippen LogP contribution < -0.4 is 15.2 Å². The number of nitrogens with zero attached hydrogens (tertiary/aromatic N) is 3. The van der Waals surface area contributed by atoms with Crippen molar-refractivity contribution in [2.75, 3.05) is 34.9 Å². The van der Waals surface area contributed by atoms with Gasteiger partial charge in [0.2, 0.25) is 0 Å². The molecule has 1 aromatic heterocycles. The number of imidazole rings is 1. The molecule has 0 bridgehead atoms. The predicted molar refractivity (Wildman–Crippen MR) is 83.9 cm³/mol. The van der Waals surface area contributed by atoms with E-state index in [1.54, 1.807) is 14.2 Å². The lowest BCUT2D eigenvalue weighted by Gasteiger charge is -2.12. The maximum Gasteiger partial charge on any atom is 0.163 e. The van der Waals surface area contributed by atoms with Crippen LogP contribution >= 0.6 is 0 Å². The van der Waals surface area contributed by atoms with Crippen LogP contribution in [0, 0.1) is 0 Å². The zero-order valence-electron chi connectivity index (χ0n) is 13.2. The molecule has 21 heavy (non-hydrogen) atoms. The molecule has 0 fully saturated rings. The second-order valence-electron chi connectivity index (χ2n) is 5.24. The first-order chi connectivity index (χ1) is 10.1. The van der Waals surface area contributed by atoms with Crippen LogP contribution in [0.5, 0.6) is 11.5 Å². The van der Waals surface area contributed by atoms with Crippen molar-refractivity contribution in [2.24, 2.45) is 5.73 Å². The molecule has 0 aliphatic carbocycles. The van der Waals surface area contributed by atoms with Gasteiger partial charge in [0.05, 0.1) is 31.8 Å². The van der Waals surface area contributed by atoms with Gasteiger partial charge in [-0.2, -0.15) is 0 Å². The first-order valence-electron chi connectivity index (χ1n) is 7.06. The number of ether oxygens (including phenoxy) is 2. The fraction of sp³-hybridized carbons (Fsp3) is 0.533. The van der Waals surface area contributed by atoms with E-state index in [1.807, 2.05) is 12.1 Å². The molecule has 0 saturated heterocycles. The molecule has 2 rings (SSSR count).